The predicted octanol–water partition coefficient (Wildman–Crippen LogP) is 1.15. The van der Waals surface area contributed by atoms with E-state index in [1.165, 1.54) is 33.5 Å². The number of nitrogens with one attached hydrogen (secondary N) is 1. The Balaban J connectivity index is 1.42. The summed E-state index contributed by atoms with van der Waals surface area (Å²) < 4.78 is 31.6. The van der Waals surface area contributed by atoms with Crippen LogP contribution in [0.1, 0.15) is 10.4 Å². The summed E-state index contributed by atoms with van der Waals surface area (Å²) in [6.45, 7) is -0.254. The van der Waals surface area contributed by atoms with Gasteiger partial charge in [0.2, 0.25) is 10.0 Å². The van der Waals surface area contributed by atoms with E-state index in [1.807, 2.05) is 0 Å². The second-order valence-electron chi connectivity index (χ2n) is 6.95. The molecular weight excluding hydrogens is 458 g/mol. The van der Waals surface area contributed by atoms with Crippen LogP contribution in [0, 0.1) is 0 Å². The van der Waals surface area contributed by atoms with Crippen molar-refractivity contribution in [2.24, 2.45) is 0 Å². The normalized spacial score (nSPS) is 14.6. The maximum absolute atomic E-state index is 12.7. The van der Waals surface area contributed by atoms with Gasteiger partial charge in [-0.05, 0) is 36.4 Å². The van der Waals surface area contributed by atoms with Crippen molar-refractivity contribution in [3.05, 3.63) is 65.2 Å². The number of esters is 1. The van der Waals surface area contributed by atoms with Crippen LogP contribution in [0.15, 0.2) is 59.5 Å². The first-order valence-electron chi connectivity index (χ1n) is 9.80. The predicted molar refractivity (Wildman–Crippen MR) is 117 cm³/mol. The number of ether oxygens (including phenoxy) is 1. The monoisotopic (exact) mass is 479 g/mol. The Hall–Kier alpha value is -2.95. The van der Waals surface area contributed by atoms with Gasteiger partial charge in [-0.3, -0.25) is 14.4 Å². The number of piperazine rings is 1. The molecule has 170 valence electrons. The minimum atomic E-state index is -3.68. The van der Waals surface area contributed by atoms with Crippen molar-refractivity contribution >= 4 is 39.4 Å². The molecule has 0 bridgehead atoms. The van der Waals surface area contributed by atoms with E-state index >= 15 is 0 Å². The third-order valence-corrected chi connectivity index (χ3v) is 6.99. The highest BCUT2D eigenvalue weighted by Crippen LogP contribution is 2.19. The molecule has 0 radical (unpaired) electrons. The maximum Gasteiger partial charge on any atom is 0.325 e. The van der Waals surface area contributed by atoms with Gasteiger partial charge in [-0.1, -0.05) is 29.8 Å². The molecule has 0 saturated carbocycles. The lowest BCUT2D eigenvalue weighted by molar-refractivity contribution is -0.151. The smallest absolute Gasteiger partial charge is 0.325 e. The van der Waals surface area contributed by atoms with E-state index in [0.29, 0.717) is 10.6 Å². The molecule has 0 aromatic heterocycles. The first-order valence-corrected chi connectivity index (χ1v) is 11.6. The zero-order valence-corrected chi connectivity index (χ0v) is 18.6. The minimum Gasteiger partial charge on any atom is -0.454 e. The number of carbonyl (C=O) groups is 3. The van der Waals surface area contributed by atoms with Crippen LogP contribution in [0.25, 0.3) is 0 Å². The minimum absolute atomic E-state index is 0.123. The van der Waals surface area contributed by atoms with Gasteiger partial charge in [-0.15, -0.1) is 0 Å². The molecule has 0 atom stereocenters. The van der Waals surface area contributed by atoms with E-state index in [1.54, 1.807) is 30.3 Å². The van der Waals surface area contributed by atoms with Crippen LogP contribution in [0.4, 0.5) is 0 Å². The van der Waals surface area contributed by atoms with Crippen molar-refractivity contribution in [1.82, 2.24) is 14.5 Å². The first-order chi connectivity index (χ1) is 15.3. The fraction of sp³-hybridized carbons (Fsp3) is 0.286. The molecule has 2 aromatic rings. The Bertz CT molecular complexity index is 1070. The molecular formula is C21H22ClN3O6S. The average molecular weight is 480 g/mol. The quantitative estimate of drug-likeness (QED) is 0.596. The number of carbonyl (C=O) groups excluding carboxylic acids is 3. The Kier molecular flexibility index (Phi) is 7.84. The molecule has 1 heterocycles. The van der Waals surface area contributed by atoms with E-state index < -0.39 is 34.4 Å². The molecule has 9 nitrogen and oxygen atoms in total. The highest BCUT2D eigenvalue weighted by Gasteiger charge is 2.30. The zero-order valence-electron chi connectivity index (χ0n) is 17.1. The number of hydrogen-bond acceptors (Lipinski definition) is 6. The van der Waals surface area contributed by atoms with Crippen LogP contribution in [0.2, 0.25) is 5.02 Å². The van der Waals surface area contributed by atoms with Crippen molar-refractivity contribution in [1.29, 1.82) is 0 Å². The summed E-state index contributed by atoms with van der Waals surface area (Å²) >= 11 is 5.81. The third-order valence-electron chi connectivity index (χ3n) is 4.83. The Labute approximate surface area is 190 Å². The standard InChI is InChI=1S/C21H22ClN3O6S/c22-17-6-8-18(9-7-17)32(29,30)25-12-10-24(11-13-25)19(26)15-31-20(27)14-23-21(28)16-4-2-1-3-5-16/h1-9H,10-15H2,(H,23,28). The van der Waals surface area contributed by atoms with Crippen LogP contribution in [0.5, 0.6) is 0 Å². The number of sulfonamides is 1. The number of halogens is 1. The molecule has 0 aliphatic carbocycles. The van der Waals surface area contributed by atoms with Crippen molar-refractivity contribution < 1.29 is 27.5 Å². The molecule has 1 saturated heterocycles. The molecule has 2 aromatic carbocycles. The van der Waals surface area contributed by atoms with Crippen LogP contribution in [-0.2, 0) is 24.3 Å². The summed E-state index contributed by atoms with van der Waals surface area (Å²) in [4.78, 5) is 37.6. The van der Waals surface area contributed by atoms with Crippen molar-refractivity contribution in [3.8, 4) is 0 Å². The summed E-state index contributed by atoms with van der Waals surface area (Å²) in [7, 11) is -3.68. The Morgan fingerprint density at radius 2 is 1.56 bits per heavy atom. The van der Waals surface area contributed by atoms with Gasteiger partial charge >= 0.3 is 5.97 Å². The highest BCUT2D eigenvalue weighted by atomic mass is 35.5. The van der Waals surface area contributed by atoms with Crippen molar-refractivity contribution in [2.75, 3.05) is 39.3 Å². The van der Waals surface area contributed by atoms with E-state index in [9.17, 15) is 22.8 Å². The molecule has 1 fully saturated rings. The van der Waals surface area contributed by atoms with Crippen molar-refractivity contribution in [2.45, 2.75) is 4.90 Å². The van der Waals surface area contributed by atoms with Crippen molar-refractivity contribution in [3.63, 3.8) is 0 Å². The highest BCUT2D eigenvalue weighted by molar-refractivity contribution is 7.89. The molecule has 0 unspecified atom stereocenters. The fourth-order valence-corrected chi connectivity index (χ4v) is 4.61. The van der Waals surface area contributed by atoms with Gasteiger partial charge in [0.05, 0.1) is 4.90 Å². The van der Waals surface area contributed by atoms with Crippen LogP contribution in [0.3, 0.4) is 0 Å². The molecule has 1 aliphatic heterocycles. The summed E-state index contributed by atoms with van der Waals surface area (Å²) in [5, 5.41) is 2.86. The van der Waals surface area contributed by atoms with Crippen LogP contribution in [-0.4, -0.2) is 74.7 Å². The lowest BCUT2D eigenvalue weighted by atomic mass is 10.2. The molecule has 3 rings (SSSR count). The lowest BCUT2D eigenvalue weighted by Crippen LogP contribution is -2.51. The summed E-state index contributed by atoms with van der Waals surface area (Å²) in [5.74, 6) is -1.60. The van der Waals surface area contributed by atoms with Crippen LogP contribution < -0.4 is 5.32 Å². The number of benzene rings is 2. The maximum atomic E-state index is 12.7. The van der Waals surface area contributed by atoms with E-state index in [2.05, 4.69) is 5.32 Å². The van der Waals surface area contributed by atoms with E-state index in [-0.39, 0.29) is 37.6 Å². The van der Waals surface area contributed by atoms with Gasteiger partial charge in [0.1, 0.15) is 6.54 Å². The molecule has 0 spiro atoms. The van der Waals surface area contributed by atoms with Gasteiger partial charge in [-0.2, -0.15) is 4.31 Å². The average Bonchev–Trinajstić information content (AvgIpc) is 2.82. The summed E-state index contributed by atoms with van der Waals surface area (Å²) in [5.41, 5.74) is 0.405. The van der Waals surface area contributed by atoms with Gasteiger partial charge < -0.3 is 15.0 Å². The molecule has 32 heavy (non-hydrogen) atoms. The molecule has 1 N–H and O–H groups in total. The zero-order chi connectivity index (χ0) is 23.1. The lowest BCUT2D eigenvalue weighted by Gasteiger charge is -2.33. The third kappa shape index (κ3) is 6.06. The van der Waals surface area contributed by atoms with Crippen LogP contribution >= 0.6 is 11.6 Å². The number of hydrogen-bond donors (Lipinski definition) is 1. The van der Waals surface area contributed by atoms with Gasteiger partial charge in [0.15, 0.2) is 6.61 Å². The van der Waals surface area contributed by atoms with E-state index in [4.69, 9.17) is 16.3 Å². The molecule has 2 amide bonds. The molecule has 11 heteroatoms. The molecule has 1 aliphatic rings. The summed E-state index contributed by atoms with van der Waals surface area (Å²) in [6.07, 6.45) is 0. The largest absolute Gasteiger partial charge is 0.454 e. The fourth-order valence-electron chi connectivity index (χ4n) is 3.06. The second-order valence-corrected chi connectivity index (χ2v) is 9.32. The number of amides is 2. The Morgan fingerprint density at radius 3 is 2.19 bits per heavy atom. The summed E-state index contributed by atoms with van der Waals surface area (Å²) in [6, 6.07) is 14.3. The number of rotatable bonds is 7. The van der Waals surface area contributed by atoms with E-state index in [0.717, 1.165) is 0 Å². The SMILES string of the molecule is O=C(CNC(=O)c1ccccc1)OCC(=O)N1CCN(S(=O)(=O)c2ccc(Cl)cc2)CC1. The Morgan fingerprint density at radius 1 is 0.938 bits per heavy atom. The number of nitrogens with zero attached hydrogens (tertiary/aromatic N) is 2. The second kappa shape index (κ2) is 10.6. The van der Waals surface area contributed by atoms with Gasteiger partial charge in [0, 0.05) is 36.8 Å². The van der Waals surface area contributed by atoms with Gasteiger partial charge in [-0.25, -0.2) is 8.42 Å². The first kappa shape index (κ1) is 23.7. The topological polar surface area (TPSA) is 113 Å². The van der Waals surface area contributed by atoms with Gasteiger partial charge in [0.25, 0.3) is 11.8 Å².